The zero-order valence-corrected chi connectivity index (χ0v) is 34.7. The molecule has 6 heterocycles. The third kappa shape index (κ3) is 10.9. The van der Waals surface area contributed by atoms with E-state index in [0.717, 1.165) is 66.7 Å². The number of rotatable bonds is 16. The van der Waals surface area contributed by atoms with Crippen LogP contribution in [0.2, 0.25) is 0 Å². The molecule has 4 aliphatic heterocycles. The Labute approximate surface area is 354 Å². The van der Waals surface area contributed by atoms with Gasteiger partial charge in [-0.3, -0.25) is 39.1 Å². The van der Waals surface area contributed by atoms with Gasteiger partial charge in [0, 0.05) is 94.1 Å². The molecule has 1 atom stereocenters. The maximum absolute atomic E-state index is 13.2. The zero-order chi connectivity index (χ0) is 41.8. The van der Waals surface area contributed by atoms with Crippen LogP contribution in [0.25, 0.3) is 6.08 Å². The monoisotopic (exact) mass is 835 g/mol. The lowest BCUT2D eigenvalue weighted by Gasteiger charge is -2.35. The van der Waals surface area contributed by atoms with Crippen molar-refractivity contribution in [3.8, 4) is 0 Å². The van der Waals surface area contributed by atoms with Crippen molar-refractivity contribution in [2.24, 2.45) is 5.92 Å². The second kappa shape index (κ2) is 20.6. The molecule has 0 spiro atoms. The number of carbonyl (C=O) groups excluding carboxylic acids is 6. The van der Waals surface area contributed by atoms with Gasteiger partial charge in [0.2, 0.25) is 23.6 Å². The highest BCUT2D eigenvalue weighted by Crippen LogP contribution is 2.35. The number of thioether (sulfide) groups is 1. The van der Waals surface area contributed by atoms with E-state index in [0.29, 0.717) is 88.2 Å². The summed E-state index contributed by atoms with van der Waals surface area (Å²) in [7, 11) is 0. The summed E-state index contributed by atoms with van der Waals surface area (Å²) in [5, 5.41) is 14.0. The maximum Gasteiger partial charge on any atom is 0.274 e. The number of likely N-dealkylation sites (tertiary alicyclic amines) is 1. The highest BCUT2D eigenvalue weighted by molar-refractivity contribution is 7.99. The Hall–Kier alpha value is -5.64. The summed E-state index contributed by atoms with van der Waals surface area (Å²) in [6.45, 7) is 4.85. The number of carbonyl (C=O) groups is 6. The van der Waals surface area contributed by atoms with Crippen LogP contribution in [0, 0.1) is 5.92 Å². The van der Waals surface area contributed by atoms with E-state index < -0.39 is 11.9 Å². The van der Waals surface area contributed by atoms with Crippen LogP contribution in [0.3, 0.4) is 0 Å². The standard InChI is InChI=1S/C44H53N9O6S/c54-39(16-12-32-8-6-20-45-29-32)46-21-3-1-7-31-18-22-52(23-19-31)44(59)35-13-15-38(49-48-35)50-24-26-51(27-25-50)41(56)11-2-4-28-60-37-10-5-9-33-34(37)30-53(43(33)58)36-14-17-40(55)47-42(36)57/h5-6,8-10,12-13,15-16,20,29,31,36H,1-4,7,11,14,17-19,21-28,30H2,(H,46,54)(H,47,55,57)/b16-12+. The fourth-order valence-corrected chi connectivity index (χ4v) is 9.36. The predicted octanol–water partition coefficient (Wildman–Crippen LogP) is 4.10. The molecule has 3 aromatic rings. The molecule has 0 bridgehead atoms. The molecule has 2 aromatic heterocycles. The Bertz CT molecular complexity index is 2050. The third-order valence-corrected chi connectivity index (χ3v) is 12.9. The molecule has 3 saturated heterocycles. The minimum Gasteiger partial charge on any atom is -0.353 e. The van der Waals surface area contributed by atoms with Gasteiger partial charge in [0.25, 0.3) is 11.8 Å². The van der Waals surface area contributed by atoms with Crippen LogP contribution >= 0.6 is 11.8 Å². The summed E-state index contributed by atoms with van der Waals surface area (Å²) in [6, 6.07) is 12.3. The highest BCUT2D eigenvalue weighted by Gasteiger charge is 2.40. The molecule has 4 aliphatic rings. The van der Waals surface area contributed by atoms with E-state index >= 15 is 0 Å². The van der Waals surface area contributed by atoms with E-state index in [1.165, 1.54) is 6.08 Å². The van der Waals surface area contributed by atoms with Gasteiger partial charge in [-0.25, -0.2) is 0 Å². The Morgan fingerprint density at radius 1 is 0.867 bits per heavy atom. The number of piperidine rings is 2. The van der Waals surface area contributed by atoms with E-state index in [2.05, 4.69) is 30.7 Å². The number of piperazine rings is 1. The topological polar surface area (TPSA) is 178 Å². The van der Waals surface area contributed by atoms with Gasteiger partial charge in [0.05, 0.1) is 0 Å². The van der Waals surface area contributed by atoms with E-state index in [9.17, 15) is 28.8 Å². The highest BCUT2D eigenvalue weighted by atomic mass is 32.2. The maximum atomic E-state index is 13.2. The third-order valence-electron chi connectivity index (χ3n) is 11.8. The van der Waals surface area contributed by atoms with E-state index in [1.807, 2.05) is 40.1 Å². The van der Waals surface area contributed by atoms with E-state index in [4.69, 9.17) is 0 Å². The number of amides is 6. The Kier molecular flexibility index (Phi) is 14.6. The van der Waals surface area contributed by atoms with E-state index in [-0.39, 0.29) is 36.0 Å². The molecule has 6 amide bonds. The Morgan fingerprint density at radius 3 is 2.45 bits per heavy atom. The van der Waals surface area contributed by atoms with Gasteiger partial charge in [0.15, 0.2) is 11.5 Å². The minimum absolute atomic E-state index is 0.0948. The zero-order valence-electron chi connectivity index (χ0n) is 33.9. The molecule has 0 radical (unpaired) electrons. The SMILES string of the molecule is O=C(/C=C/c1cccnc1)NCCCCC1CCN(C(=O)c2ccc(N3CCN(C(=O)CCCCSc4cccc5c4CN(C4CCC(=O)NC4=O)C5=O)CC3)nn2)CC1. The number of nitrogens with zero attached hydrogens (tertiary/aromatic N) is 7. The first-order valence-electron chi connectivity index (χ1n) is 21.1. The first kappa shape index (κ1) is 42.5. The summed E-state index contributed by atoms with van der Waals surface area (Å²) in [6.07, 6.45) is 14.3. The molecule has 2 N–H and O–H groups in total. The Morgan fingerprint density at radius 2 is 1.70 bits per heavy atom. The summed E-state index contributed by atoms with van der Waals surface area (Å²) in [5.74, 6) is 1.10. The van der Waals surface area contributed by atoms with Crippen LogP contribution in [0.15, 0.2) is 65.8 Å². The van der Waals surface area contributed by atoms with Gasteiger partial charge in [-0.15, -0.1) is 22.0 Å². The van der Waals surface area contributed by atoms with Gasteiger partial charge in [0.1, 0.15) is 6.04 Å². The number of pyridine rings is 1. The van der Waals surface area contributed by atoms with Crippen molar-refractivity contribution < 1.29 is 28.8 Å². The number of nitrogens with one attached hydrogen (secondary N) is 2. The number of hydrogen-bond donors (Lipinski definition) is 2. The second-order valence-corrected chi connectivity index (χ2v) is 16.9. The molecule has 15 nitrogen and oxygen atoms in total. The van der Waals surface area contributed by atoms with Gasteiger partial charge in [-0.05, 0) is 97.7 Å². The molecular weight excluding hydrogens is 783 g/mol. The summed E-state index contributed by atoms with van der Waals surface area (Å²) < 4.78 is 0. The van der Waals surface area contributed by atoms with Crippen molar-refractivity contribution >= 4 is 59.1 Å². The lowest BCUT2D eigenvalue weighted by atomic mass is 9.91. The summed E-state index contributed by atoms with van der Waals surface area (Å²) in [4.78, 5) is 88.0. The number of fused-ring (bicyclic) bond motifs is 1. The normalized spacial score (nSPS) is 18.5. The molecular formula is C44H53N9O6S. The molecule has 16 heteroatoms. The van der Waals surface area contributed by atoms with Gasteiger partial charge in [-0.1, -0.05) is 25.0 Å². The number of aromatic nitrogens is 3. The largest absolute Gasteiger partial charge is 0.353 e. The van der Waals surface area contributed by atoms with Crippen LogP contribution in [-0.2, 0) is 25.7 Å². The van der Waals surface area contributed by atoms with Crippen molar-refractivity contribution in [1.29, 1.82) is 0 Å². The van der Waals surface area contributed by atoms with Crippen LogP contribution in [0.5, 0.6) is 0 Å². The summed E-state index contributed by atoms with van der Waals surface area (Å²) in [5.41, 5.74) is 2.76. The first-order chi connectivity index (χ1) is 29.2. The molecule has 7 rings (SSSR count). The minimum atomic E-state index is -0.637. The van der Waals surface area contributed by atoms with Crippen LogP contribution in [-0.4, -0.2) is 123 Å². The number of unbranched alkanes of at least 4 members (excludes halogenated alkanes) is 2. The van der Waals surface area contributed by atoms with Crippen LogP contribution in [0.4, 0.5) is 5.82 Å². The Balaban J connectivity index is 0.751. The van der Waals surface area contributed by atoms with Gasteiger partial charge >= 0.3 is 0 Å². The number of hydrogen-bond acceptors (Lipinski definition) is 11. The van der Waals surface area contributed by atoms with Gasteiger partial charge < -0.3 is 24.9 Å². The van der Waals surface area contributed by atoms with Gasteiger partial charge in [-0.2, -0.15) is 0 Å². The number of anilines is 1. The molecule has 0 aliphatic carbocycles. The number of imide groups is 1. The molecule has 3 fully saturated rings. The van der Waals surface area contributed by atoms with Crippen molar-refractivity contribution in [1.82, 2.24) is 40.5 Å². The van der Waals surface area contributed by atoms with Crippen molar-refractivity contribution in [2.75, 3.05) is 56.5 Å². The lowest BCUT2D eigenvalue weighted by molar-refractivity contribution is -0.137. The summed E-state index contributed by atoms with van der Waals surface area (Å²) >= 11 is 1.66. The first-order valence-corrected chi connectivity index (χ1v) is 22.1. The lowest BCUT2D eigenvalue weighted by Crippen LogP contribution is -2.52. The van der Waals surface area contributed by atoms with Crippen molar-refractivity contribution in [2.45, 2.75) is 81.7 Å². The molecule has 0 saturated carbocycles. The average molecular weight is 836 g/mol. The number of benzene rings is 1. The fourth-order valence-electron chi connectivity index (χ4n) is 8.27. The molecule has 316 valence electrons. The molecule has 60 heavy (non-hydrogen) atoms. The van der Waals surface area contributed by atoms with Crippen molar-refractivity contribution in [3.63, 3.8) is 0 Å². The molecule has 1 unspecified atom stereocenters. The predicted molar refractivity (Wildman–Crippen MR) is 227 cm³/mol. The smallest absolute Gasteiger partial charge is 0.274 e. The second-order valence-electron chi connectivity index (χ2n) is 15.8. The van der Waals surface area contributed by atoms with E-state index in [1.54, 1.807) is 47.3 Å². The van der Waals surface area contributed by atoms with Crippen molar-refractivity contribution in [3.05, 3.63) is 83.3 Å². The van der Waals surface area contributed by atoms with Crippen LogP contribution in [0.1, 0.15) is 96.2 Å². The fraction of sp³-hybridized carbons (Fsp3) is 0.477. The average Bonchev–Trinajstić information content (AvgIpc) is 3.61. The molecule has 1 aromatic carbocycles. The van der Waals surface area contributed by atoms with Crippen LogP contribution < -0.4 is 15.5 Å². The quantitative estimate of drug-likeness (QED) is 0.0920.